The Labute approximate surface area is 77.6 Å². The predicted molar refractivity (Wildman–Crippen MR) is 52.5 cm³/mol. The minimum absolute atomic E-state index is 0.474. The third-order valence-electron chi connectivity index (χ3n) is 1.85. The molecule has 0 bridgehead atoms. The zero-order valence-electron chi connectivity index (χ0n) is 7.99. The monoisotopic (exact) mass is 181 g/mol. The van der Waals surface area contributed by atoms with Crippen molar-refractivity contribution in [3.05, 3.63) is 18.0 Å². The first-order chi connectivity index (χ1) is 6.24. The quantitative estimate of drug-likeness (QED) is 0.488. The van der Waals surface area contributed by atoms with Crippen molar-refractivity contribution in [2.24, 2.45) is 17.8 Å². The molecule has 5 nitrogen and oxygen atoms in total. The third-order valence-corrected chi connectivity index (χ3v) is 1.85. The SMILES string of the molecule is CN=C(N)NCCc1ccnn1C. The van der Waals surface area contributed by atoms with Gasteiger partial charge in [-0.1, -0.05) is 0 Å². The lowest BCUT2D eigenvalue weighted by molar-refractivity contribution is 0.694. The van der Waals surface area contributed by atoms with Crippen molar-refractivity contribution in [3.8, 4) is 0 Å². The number of rotatable bonds is 3. The fourth-order valence-corrected chi connectivity index (χ4v) is 1.04. The van der Waals surface area contributed by atoms with E-state index in [0.29, 0.717) is 5.96 Å². The number of nitrogens with zero attached hydrogens (tertiary/aromatic N) is 3. The van der Waals surface area contributed by atoms with Gasteiger partial charge in [0.05, 0.1) is 0 Å². The van der Waals surface area contributed by atoms with E-state index in [1.807, 2.05) is 17.8 Å². The number of guanidine groups is 1. The zero-order chi connectivity index (χ0) is 9.68. The summed E-state index contributed by atoms with van der Waals surface area (Å²) in [6.45, 7) is 0.780. The third kappa shape index (κ3) is 2.77. The van der Waals surface area contributed by atoms with Gasteiger partial charge in [0, 0.05) is 39.0 Å². The first-order valence-corrected chi connectivity index (χ1v) is 4.17. The molecule has 0 saturated carbocycles. The molecule has 1 rings (SSSR count). The Morgan fingerprint density at radius 1 is 1.77 bits per heavy atom. The Hall–Kier alpha value is -1.52. The summed E-state index contributed by atoms with van der Waals surface area (Å²) < 4.78 is 1.85. The minimum Gasteiger partial charge on any atom is -0.370 e. The molecule has 1 aromatic rings. The fourth-order valence-electron chi connectivity index (χ4n) is 1.04. The summed E-state index contributed by atoms with van der Waals surface area (Å²) in [6, 6.07) is 1.99. The van der Waals surface area contributed by atoms with Crippen LogP contribution in [0.1, 0.15) is 5.69 Å². The van der Waals surface area contributed by atoms with Crippen LogP contribution in [0, 0.1) is 0 Å². The summed E-state index contributed by atoms with van der Waals surface area (Å²) in [5.74, 6) is 0.474. The molecule has 0 atom stereocenters. The van der Waals surface area contributed by atoms with Gasteiger partial charge in [0.15, 0.2) is 5.96 Å². The number of hydrogen-bond donors (Lipinski definition) is 2. The molecule has 0 amide bonds. The van der Waals surface area contributed by atoms with Gasteiger partial charge < -0.3 is 11.1 Å². The Kier molecular flexibility index (Phi) is 3.31. The second-order valence-electron chi connectivity index (χ2n) is 2.73. The first kappa shape index (κ1) is 9.57. The molecule has 0 aliphatic carbocycles. The van der Waals surface area contributed by atoms with E-state index in [1.54, 1.807) is 13.2 Å². The normalized spacial score (nSPS) is 11.7. The van der Waals surface area contributed by atoms with E-state index in [2.05, 4.69) is 15.4 Å². The molecule has 0 unspecified atom stereocenters. The van der Waals surface area contributed by atoms with Crippen LogP contribution >= 0.6 is 0 Å². The molecule has 0 radical (unpaired) electrons. The highest BCUT2D eigenvalue weighted by Crippen LogP contribution is 1.95. The molecule has 0 fully saturated rings. The van der Waals surface area contributed by atoms with Crippen molar-refractivity contribution in [1.82, 2.24) is 15.1 Å². The van der Waals surface area contributed by atoms with Gasteiger partial charge in [-0.3, -0.25) is 9.67 Å². The minimum atomic E-state index is 0.474. The van der Waals surface area contributed by atoms with Gasteiger partial charge in [-0.15, -0.1) is 0 Å². The van der Waals surface area contributed by atoms with Crippen LogP contribution in [-0.2, 0) is 13.5 Å². The molecule has 1 aromatic heterocycles. The second-order valence-corrected chi connectivity index (χ2v) is 2.73. The zero-order valence-corrected chi connectivity index (χ0v) is 7.99. The van der Waals surface area contributed by atoms with Crippen LogP contribution in [-0.4, -0.2) is 29.3 Å². The maximum atomic E-state index is 5.47. The van der Waals surface area contributed by atoms with Gasteiger partial charge in [-0.05, 0) is 6.07 Å². The lowest BCUT2D eigenvalue weighted by Gasteiger charge is -2.04. The van der Waals surface area contributed by atoms with Crippen molar-refractivity contribution < 1.29 is 0 Å². The average Bonchev–Trinajstić information content (AvgIpc) is 2.52. The lowest BCUT2D eigenvalue weighted by atomic mass is 10.3. The highest BCUT2D eigenvalue weighted by atomic mass is 15.3. The van der Waals surface area contributed by atoms with Crippen molar-refractivity contribution >= 4 is 5.96 Å². The Morgan fingerprint density at radius 2 is 2.54 bits per heavy atom. The Balaban J connectivity index is 2.32. The molecular weight excluding hydrogens is 166 g/mol. The standard InChI is InChI=1S/C8H15N5/c1-10-8(9)11-5-3-7-4-6-12-13(7)2/h4,6H,3,5H2,1-2H3,(H3,9,10,11). The maximum Gasteiger partial charge on any atom is 0.188 e. The summed E-state index contributed by atoms with van der Waals surface area (Å²) in [6.07, 6.45) is 2.68. The van der Waals surface area contributed by atoms with Gasteiger partial charge in [0.25, 0.3) is 0 Å². The van der Waals surface area contributed by atoms with Crippen LogP contribution in [0.5, 0.6) is 0 Å². The van der Waals surface area contributed by atoms with E-state index in [1.165, 1.54) is 5.69 Å². The van der Waals surface area contributed by atoms with Gasteiger partial charge in [0.1, 0.15) is 0 Å². The summed E-state index contributed by atoms with van der Waals surface area (Å²) in [7, 11) is 3.58. The van der Waals surface area contributed by atoms with Gasteiger partial charge in [-0.2, -0.15) is 5.10 Å². The molecule has 0 aliphatic heterocycles. The summed E-state index contributed by atoms with van der Waals surface area (Å²) in [5.41, 5.74) is 6.64. The summed E-state index contributed by atoms with van der Waals surface area (Å²) >= 11 is 0. The highest BCUT2D eigenvalue weighted by Gasteiger charge is 1.97. The molecule has 1 heterocycles. The van der Waals surface area contributed by atoms with E-state index in [9.17, 15) is 0 Å². The molecule has 5 heteroatoms. The Morgan fingerprint density at radius 3 is 3.08 bits per heavy atom. The van der Waals surface area contributed by atoms with Gasteiger partial charge >= 0.3 is 0 Å². The van der Waals surface area contributed by atoms with E-state index >= 15 is 0 Å². The number of aromatic nitrogens is 2. The second kappa shape index (κ2) is 4.49. The van der Waals surface area contributed by atoms with Crippen LogP contribution in [0.3, 0.4) is 0 Å². The van der Waals surface area contributed by atoms with E-state index in [0.717, 1.165) is 13.0 Å². The van der Waals surface area contributed by atoms with Gasteiger partial charge in [-0.25, -0.2) is 0 Å². The average molecular weight is 181 g/mol. The summed E-state index contributed by atoms with van der Waals surface area (Å²) in [4.78, 5) is 3.79. The van der Waals surface area contributed by atoms with Crippen molar-refractivity contribution in [2.75, 3.05) is 13.6 Å². The molecule has 0 saturated heterocycles. The fraction of sp³-hybridized carbons (Fsp3) is 0.500. The Bertz CT molecular complexity index is 288. The number of aliphatic imine (C=N–C) groups is 1. The topological polar surface area (TPSA) is 68.2 Å². The van der Waals surface area contributed by atoms with Crippen LogP contribution in [0.15, 0.2) is 17.3 Å². The number of aryl methyl sites for hydroxylation is 1. The molecular formula is C8H15N5. The molecule has 0 aliphatic rings. The van der Waals surface area contributed by atoms with Crippen LogP contribution in [0.4, 0.5) is 0 Å². The summed E-state index contributed by atoms with van der Waals surface area (Å²) in [5, 5.41) is 7.05. The molecule has 0 aromatic carbocycles. The largest absolute Gasteiger partial charge is 0.370 e. The first-order valence-electron chi connectivity index (χ1n) is 4.17. The smallest absolute Gasteiger partial charge is 0.188 e. The van der Waals surface area contributed by atoms with Crippen LogP contribution in [0.25, 0.3) is 0 Å². The highest BCUT2D eigenvalue weighted by molar-refractivity contribution is 5.77. The number of nitrogens with one attached hydrogen (secondary N) is 1. The molecule has 0 spiro atoms. The van der Waals surface area contributed by atoms with Crippen LogP contribution in [0.2, 0.25) is 0 Å². The number of nitrogens with two attached hydrogens (primary N) is 1. The van der Waals surface area contributed by atoms with Crippen LogP contribution < -0.4 is 11.1 Å². The lowest BCUT2D eigenvalue weighted by Crippen LogP contribution is -2.33. The molecule has 72 valence electrons. The molecule has 13 heavy (non-hydrogen) atoms. The number of hydrogen-bond acceptors (Lipinski definition) is 2. The van der Waals surface area contributed by atoms with Crippen molar-refractivity contribution in [3.63, 3.8) is 0 Å². The van der Waals surface area contributed by atoms with Gasteiger partial charge in [0.2, 0.25) is 0 Å². The van der Waals surface area contributed by atoms with E-state index in [-0.39, 0.29) is 0 Å². The maximum absolute atomic E-state index is 5.47. The predicted octanol–water partition coefficient (Wildman–Crippen LogP) is -0.503. The van der Waals surface area contributed by atoms with Crippen molar-refractivity contribution in [1.29, 1.82) is 0 Å². The van der Waals surface area contributed by atoms with Crippen molar-refractivity contribution in [2.45, 2.75) is 6.42 Å². The van der Waals surface area contributed by atoms with E-state index < -0.39 is 0 Å². The molecule has 3 N–H and O–H groups in total. The van der Waals surface area contributed by atoms with E-state index in [4.69, 9.17) is 5.73 Å².